The van der Waals surface area contributed by atoms with Crippen LogP contribution in [-0.4, -0.2) is 25.0 Å². The van der Waals surface area contributed by atoms with Gasteiger partial charge < -0.3 is 14.8 Å². The molecule has 0 radical (unpaired) electrons. The predicted octanol–water partition coefficient (Wildman–Crippen LogP) is 5.50. The van der Waals surface area contributed by atoms with Gasteiger partial charge in [-0.15, -0.1) is 0 Å². The minimum absolute atomic E-state index is 0.0588. The fraction of sp³-hybridized carbons (Fsp3) is 0.214. The van der Waals surface area contributed by atoms with Gasteiger partial charge in [0.1, 0.15) is 17.2 Å². The molecule has 0 saturated carbocycles. The first-order chi connectivity index (χ1) is 16.3. The average molecular weight is 457 g/mol. The summed E-state index contributed by atoms with van der Waals surface area (Å²) in [7, 11) is 1.58. The third kappa shape index (κ3) is 4.53. The first-order valence-electron chi connectivity index (χ1n) is 11.2. The number of carbonyl (C=O) groups excluding carboxylic acids is 2. The number of benzene rings is 3. The maximum absolute atomic E-state index is 13.6. The summed E-state index contributed by atoms with van der Waals surface area (Å²) >= 11 is 0. The van der Waals surface area contributed by atoms with Crippen molar-refractivity contribution < 1.29 is 19.1 Å². The van der Waals surface area contributed by atoms with E-state index in [1.807, 2.05) is 70.2 Å². The van der Waals surface area contributed by atoms with Crippen LogP contribution < -0.4 is 19.7 Å². The van der Waals surface area contributed by atoms with E-state index < -0.39 is 5.91 Å². The SMILES string of the molecule is COc1ccc(C2=C(Nc3ccc(OC(C)C)cc3)C(=O)N(c3ccc(C)cc3C)C2=O)cc1. The van der Waals surface area contributed by atoms with Gasteiger partial charge >= 0.3 is 0 Å². The van der Waals surface area contributed by atoms with E-state index >= 15 is 0 Å². The number of nitrogens with one attached hydrogen (secondary N) is 1. The highest BCUT2D eigenvalue weighted by molar-refractivity contribution is 6.46. The Balaban J connectivity index is 1.76. The molecular weight excluding hydrogens is 428 g/mol. The Morgan fingerprint density at radius 1 is 0.824 bits per heavy atom. The van der Waals surface area contributed by atoms with Crippen LogP contribution in [0.25, 0.3) is 5.57 Å². The number of hydrogen-bond acceptors (Lipinski definition) is 5. The van der Waals surface area contributed by atoms with Crippen molar-refractivity contribution in [2.24, 2.45) is 0 Å². The molecule has 6 nitrogen and oxygen atoms in total. The van der Waals surface area contributed by atoms with Gasteiger partial charge in [0.2, 0.25) is 0 Å². The summed E-state index contributed by atoms with van der Waals surface area (Å²) in [5, 5.41) is 3.19. The molecule has 2 amide bonds. The fourth-order valence-electron chi connectivity index (χ4n) is 3.98. The summed E-state index contributed by atoms with van der Waals surface area (Å²) in [5.41, 5.74) is 4.35. The minimum Gasteiger partial charge on any atom is -0.497 e. The highest BCUT2D eigenvalue weighted by Gasteiger charge is 2.40. The average Bonchev–Trinajstić information content (AvgIpc) is 3.04. The molecule has 4 rings (SSSR count). The summed E-state index contributed by atoms with van der Waals surface area (Å²) < 4.78 is 11.0. The van der Waals surface area contributed by atoms with E-state index in [0.29, 0.717) is 28.3 Å². The molecule has 0 atom stereocenters. The lowest BCUT2D eigenvalue weighted by atomic mass is 10.0. The Labute approximate surface area is 199 Å². The summed E-state index contributed by atoms with van der Waals surface area (Å²) in [4.78, 5) is 28.5. The van der Waals surface area contributed by atoms with Crippen molar-refractivity contribution in [1.82, 2.24) is 0 Å². The normalized spacial score (nSPS) is 13.6. The minimum atomic E-state index is -0.398. The molecule has 0 fully saturated rings. The van der Waals surface area contributed by atoms with E-state index in [1.165, 1.54) is 4.90 Å². The van der Waals surface area contributed by atoms with E-state index in [0.717, 1.165) is 16.9 Å². The second kappa shape index (κ2) is 9.43. The van der Waals surface area contributed by atoms with Gasteiger partial charge in [0.05, 0.1) is 24.5 Å². The first-order valence-corrected chi connectivity index (χ1v) is 11.2. The standard InChI is InChI=1S/C28H28N2O4/c1-17(2)34-23-13-9-21(10-14-23)29-26-25(20-7-11-22(33-5)12-8-20)27(31)30(28(26)32)24-15-6-18(3)16-19(24)4/h6-17,29H,1-5H3. The maximum Gasteiger partial charge on any atom is 0.282 e. The number of anilines is 2. The lowest BCUT2D eigenvalue weighted by Gasteiger charge is -2.18. The molecule has 1 N–H and O–H groups in total. The highest BCUT2D eigenvalue weighted by atomic mass is 16.5. The smallest absolute Gasteiger partial charge is 0.282 e. The second-order valence-corrected chi connectivity index (χ2v) is 8.53. The molecule has 0 aliphatic carbocycles. The van der Waals surface area contributed by atoms with E-state index in [1.54, 1.807) is 31.4 Å². The van der Waals surface area contributed by atoms with Gasteiger partial charge in [0.15, 0.2) is 0 Å². The van der Waals surface area contributed by atoms with Gasteiger partial charge in [-0.2, -0.15) is 0 Å². The lowest BCUT2D eigenvalue weighted by Crippen LogP contribution is -2.33. The third-order valence-electron chi connectivity index (χ3n) is 5.55. The number of aryl methyl sites for hydroxylation is 2. The van der Waals surface area contributed by atoms with Crippen LogP contribution in [0.5, 0.6) is 11.5 Å². The van der Waals surface area contributed by atoms with Gasteiger partial charge in [-0.3, -0.25) is 9.59 Å². The van der Waals surface area contributed by atoms with Gasteiger partial charge in [-0.05, 0) is 81.3 Å². The number of amides is 2. The monoisotopic (exact) mass is 456 g/mol. The molecule has 3 aromatic carbocycles. The van der Waals surface area contributed by atoms with Crippen molar-refractivity contribution in [3.63, 3.8) is 0 Å². The summed E-state index contributed by atoms with van der Waals surface area (Å²) in [5.74, 6) is 0.632. The molecule has 0 bridgehead atoms. The third-order valence-corrected chi connectivity index (χ3v) is 5.55. The summed E-state index contributed by atoms with van der Waals surface area (Å²) in [6.07, 6.45) is 0.0588. The Morgan fingerprint density at radius 2 is 1.47 bits per heavy atom. The number of carbonyl (C=O) groups is 2. The zero-order valence-corrected chi connectivity index (χ0v) is 20.0. The van der Waals surface area contributed by atoms with Gasteiger partial charge in [0.25, 0.3) is 11.8 Å². The van der Waals surface area contributed by atoms with E-state index in [4.69, 9.17) is 9.47 Å². The maximum atomic E-state index is 13.6. The number of imide groups is 1. The van der Waals surface area contributed by atoms with Crippen molar-refractivity contribution in [2.45, 2.75) is 33.8 Å². The molecule has 0 aromatic heterocycles. The van der Waals surface area contributed by atoms with Crippen molar-refractivity contribution in [2.75, 3.05) is 17.3 Å². The van der Waals surface area contributed by atoms with Crippen molar-refractivity contribution in [3.05, 3.63) is 89.1 Å². The number of nitrogens with zero attached hydrogens (tertiary/aromatic N) is 1. The Hall–Kier alpha value is -4.06. The van der Waals surface area contributed by atoms with E-state index in [-0.39, 0.29) is 17.7 Å². The number of ether oxygens (including phenoxy) is 2. The molecule has 0 spiro atoms. The largest absolute Gasteiger partial charge is 0.497 e. The van der Waals surface area contributed by atoms with Crippen LogP contribution in [0.15, 0.2) is 72.4 Å². The Kier molecular flexibility index (Phi) is 6.41. The van der Waals surface area contributed by atoms with Crippen molar-refractivity contribution in [3.8, 4) is 11.5 Å². The molecule has 174 valence electrons. The molecule has 0 saturated heterocycles. The van der Waals surface area contributed by atoms with E-state index in [2.05, 4.69) is 5.32 Å². The summed E-state index contributed by atoms with van der Waals surface area (Å²) in [6, 6.07) is 20.1. The molecule has 3 aromatic rings. The van der Waals surface area contributed by atoms with Crippen molar-refractivity contribution in [1.29, 1.82) is 0 Å². The zero-order valence-electron chi connectivity index (χ0n) is 20.0. The zero-order chi connectivity index (χ0) is 24.4. The van der Waals surface area contributed by atoms with E-state index in [9.17, 15) is 9.59 Å². The predicted molar refractivity (Wildman–Crippen MR) is 134 cm³/mol. The Morgan fingerprint density at radius 3 is 2.06 bits per heavy atom. The molecule has 0 unspecified atom stereocenters. The molecule has 6 heteroatoms. The van der Waals surface area contributed by atoms with Crippen molar-refractivity contribution >= 4 is 28.8 Å². The second-order valence-electron chi connectivity index (χ2n) is 8.53. The molecule has 1 aliphatic heterocycles. The lowest BCUT2D eigenvalue weighted by molar-refractivity contribution is -0.120. The van der Waals surface area contributed by atoms with Crippen LogP contribution in [0, 0.1) is 13.8 Å². The number of methoxy groups -OCH3 is 1. The quantitative estimate of drug-likeness (QED) is 0.476. The topological polar surface area (TPSA) is 67.9 Å². The highest BCUT2D eigenvalue weighted by Crippen LogP contribution is 2.36. The van der Waals surface area contributed by atoms with Crippen LogP contribution in [0.1, 0.15) is 30.5 Å². The van der Waals surface area contributed by atoms with Gasteiger partial charge in [0, 0.05) is 5.69 Å². The van der Waals surface area contributed by atoms with Crippen LogP contribution in [0.3, 0.4) is 0 Å². The number of hydrogen-bond donors (Lipinski definition) is 1. The summed E-state index contributed by atoms with van der Waals surface area (Å²) in [6.45, 7) is 7.80. The van der Waals surface area contributed by atoms with Gasteiger partial charge in [-0.1, -0.05) is 29.8 Å². The van der Waals surface area contributed by atoms with Crippen LogP contribution in [-0.2, 0) is 9.59 Å². The fourth-order valence-corrected chi connectivity index (χ4v) is 3.98. The van der Waals surface area contributed by atoms with Gasteiger partial charge in [-0.25, -0.2) is 4.90 Å². The molecular formula is C28H28N2O4. The number of rotatable bonds is 7. The Bertz CT molecular complexity index is 1260. The van der Waals surface area contributed by atoms with Crippen LogP contribution >= 0.6 is 0 Å². The van der Waals surface area contributed by atoms with Crippen LogP contribution in [0.2, 0.25) is 0 Å². The molecule has 34 heavy (non-hydrogen) atoms. The molecule has 1 aliphatic rings. The van der Waals surface area contributed by atoms with Crippen LogP contribution in [0.4, 0.5) is 11.4 Å². The molecule has 1 heterocycles. The first kappa shape index (κ1) is 23.1.